The zero-order valence-electron chi connectivity index (χ0n) is 24.0. The van der Waals surface area contributed by atoms with Crippen molar-refractivity contribution in [1.29, 1.82) is 5.26 Å². The number of thiocarbonyl (C=S) groups is 1. The predicted molar refractivity (Wildman–Crippen MR) is 167 cm³/mol. The molecule has 0 aliphatic carbocycles. The first kappa shape index (κ1) is 29.9. The van der Waals surface area contributed by atoms with Crippen molar-refractivity contribution >= 4 is 46.1 Å². The van der Waals surface area contributed by atoms with Crippen LogP contribution >= 0.6 is 24.0 Å². The molecule has 0 bridgehead atoms. The molecule has 0 saturated carbocycles. The third-order valence-corrected chi connectivity index (χ3v) is 9.06. The molecule has 1 aromatic heterocycles. The van der Waals surface area contributed by atoms with Gasteiger partial charge in [-0.3, -0.25) is 19.1 Å². The van der Waals surface area contributed by atoms with Crippen LogP contribution in [0, 0.1) is 30.1 Å². The minimum Gasteiger partial charge on any atom is -0.497 e. The van der Waals surface area contributed by atoms with E-state index in [0.717, 1.165) is 55.0 Å². The standard InChI is InChI=1S/C31H38N4O3S2/c1-6-7-13-34-28(33-18-20(2)15-21(3)19-33)25(22(4)26(17-32)29(34)36)16-27-30(37)35(31(39)40-27)14-12-23-8-10-24(38-5)11-9-23/h8-11,16,20-21H,6-7,12-15,18-19H2,1-5H3/b27-16-. The number of nitriles is 1. The van der Waals surface area contributed by atoms with Gasteiger partial charge in [0.1, 0.15) is 27.5 Å². The Labute approximate surface area is 246 Å². The minimum absolute atomic E-state index is 0.138. The van der Waals surface area contributed by atoms with Crippen molar-refractivity contribution in [2.75, 3.05) is 31.6 Å². The van der Waals surface area contributed by atoms with E-state index in [1.54, 1.807) is 16.6 Å². The fraction of sp³-hybridized carbons (Fsp3) is 0.484. The first-order chi connectivity index (χ1) is 19.2. The second-order valence-corrected chi connectivity index (χ2v) is 12.6. The maximum absolute atomic E-state index is 13.6. The average Bonchev–Trinajstić information content (AvgIpc) is 3.19. The van der Waals surface area contributed by atoms with Gasteiger partial charge >= 0.3 is 0 Å². The van der Waals surface area contributed by atoms with Crippen LogP contribution in [0.5, 0.6) is 5.75 Å². The number of nitrogens with zero attached hydrogens (tertiary/aromatic N) is 4. The van der Waals surface area contributed by atoms with Crippen molar-refractivity contribution in [3.63, 3.8) is 0 Å². The van der Waals surface area contributed by atoms with Gasteiger partial charge < -0.3 is 9.64 Å². The van der Waals surface area contributed by atoms with Crippen molar-refractivity contribution in [3.05, 3.63) is 61.8 Å². The Morgan fingerprint density at radius 3 is 2.42 bits per heavy atom. The van der Waals surface area contributed by atoms with Crippen LogP contribution in [0.4, 0.5) is 5.82 Å². The summed E-state index contributed by atoms with van der Waals surface area (Å²) in [5, 5.41) is 9.96. The quantitative estimate of drug-likeness (QED) is 0.276. The fourth-order valence-electron chi connectivity index (χ4n) is 5.70. The van der Waals surface area contributed by atoms with Gasteiger partial charge in [0.05, 0.1) is 12.0 Å². The summed E-state index contributed by atoms with van der Waals surface area (Å²) in [5.41, 5.74) is 2.36. The number of thioether (sulfide) groups is 1. The number of piperidine rings is 1. The van der Waals surface area contributed by atoms with Crippen molar-refractivity contribution < 1.29 is 9.53 Å². The maximum Gasteiger partial charge on any atom is 0.270 e. The number of unbranched alkanes of at least 4 members (excludes halogenated alkanes) is 1. The molecule has 2 atom stereocenters. The normalized spacial score (nSPS) is 20.4. The van der Waals surface area contributed by atoms with E-state index in [4.69, 9.17) is 17.0 Å². The van der Waals surface area contributed by atoms with Crippen LogP contribution in [0.2, 0.25) is 0 Å². The molecular weight excluding hydrogens is 541 g/mol. The highest BCUT2D eigenvalue weighted by molar-refractivity contribution is 8.26. The Hall–Kier alpha value is -3.09. The molecule has 1 aromatic carbocycles. The molecule has 1 amide bonds. The number of amides is 1. The lowest BCUT2D eigenvalue weighted by Gasteiger charge is -2.39. The van der Waals surface area contributed by atoms with Crippen LogP contribution in [0.25, 0.3) is 6.08 Å². The van der Waals surface area contributed by atoms with Gasteiger partial charge in [-0.05, 0) is 67.4 Å². The van der Waals surface area contributed by atoms with Crippen LogP contribution in [0.15, 0.2) is 34.0 Å². The molecule has 2 fully saturated rings. The molecule has 9 heteroatoms. The van der Waals surface area contributed by atoms with Gasteiger partial charge in [0, 0.05) is 31.7 Å². The molecule has 0 spiro atoms. The van der Waals surface area contributed by atoms with Gasteiger partial charge in [-0.2, -0.15) is 5.26 Å². The van der Waals surface area contributed by atoms with Gasteiger partial charge in [0.15, 0.2) is 0 Å². The number of carbonyl (C=O) groups is 1. The predicted octanol–water partition coefficient (Wildman–Crippen LogP) is 5.76. The summed E-state index contributed by atoms with van der Waals surface area (Å²) in [6, 6.07) is 9.95. The Kier molecular flexibility index (Phi) is 9.75. The van der Waals surface area contributed by atoms with E-state index in [1.165, 1.54) is 11.8 Å². The van der Waals surface area contributed by atoms with Gasteiger partial charge in [-0.15, -0.1) is 0 Å². The van der Waals surface area contributed by atoms with Crippen molar-refractivity contribution in [3.8, 4) is 11.8 Å². The number of ether oxygens (including phenoxy) is 1. The highest BCUT2D eigenvalue weighted by Crippen LogP contribution is 2.37. The molecule has 2 unspecified atom stereocenters. The summed E-state index contributed by atoms with van der Waals surface area (Å²) < 4.78 is 7.53. The number of pyridine rings is 1. The number of aromatic nitrogens is 1. The number of anilines is 1. The maximum atomic E-state index is 13.6. The Balaban J connectivity index is 1.74. The smallest absolute Gasteiger partial charge is 0.270 e. The first-order valence-corrected chi connectivity index (χ1v) is 15.2. The SMILES string of the molecule is CCCCn1c(N2CC(C)CC(C)C2)c(/C=C2\SC(=S)N(CCc3ccc(OC)cc3)C2=O)c(C)c(C#N)c1=O. The largest absolute Gasteiger partial charge is 0.497 e. The van der Waals surface area contributed by atoms with Gasteiger partial charge in [0.25, 0.3) is 11.5 Å². The third kappa shape index (κ3) is 6.29. The lowest BCUT2D eigenvalue weighted by Crippen LogP contribution is -2.43. The van der Waals surface area contributed by atoms with Crippen LogP contribution in [0.1, 0.15) is 62.3 Å². The van der Waals surface area contributed by atoms with E-state index in [-0.39, 0.29) is 17.0 Å². The fourth-order valence-corrected chi connectivity index (χ4v) is 6.99. The summed E-state index contributed by atoms with van der Waals surface area (Å²) >= 11 is 6.91. The van der Waals surface area contributed by atoms with Gasteiger partial charge in [-0.25, -0.2) is 0 Å². The molecular formula is C31H38N4O3S2. The first-order valence-electron chi connectivity index (χ1n) is 14.0. The summed E-state index contributed by atoms with van der Waals surface area (Å²) in [6.45, 7) is 11.0. The molecule has 4 rings (SSSR count). The summed E-state index contributed by atoms with van der Waals surface area (Å²) in [6.07, 6.45) is 5.42. The van der Waals surface area contributed by atoms with Crippen LogP contribution in [-0.4, -0.2) is 46.4 Å². The van der Waals surface area contributed by atoms with Crippen LogP contribution in [0.3, 0.4) is 0 Å². The second-order valence-electron chi connectivity index (χ2n) is 10.9. The van der Waals surface area contributed by atoms with Crippen LogP contribution in [-0.2, 0) is 17.8 Å². The second kappa shape index (κ2) is 13.0. The molecule has 40 heavy (non-hydrogen) atoms. The van der Waals surface area contributed by atoms with Gasteiger partial charge in [-0.1, -0.05) is 63.3 Å². The molecule has 0 N–H and O–H groups in total. The molecule has 3 heterocycles. The van der Waals surface area contributed by atoms with E-state index in [0.29, 0.717) is 46.1 Å². The summed E-state index contributed by atoms with van der Waals surface area (Å²) in [7, 11) is 1.64. The van der Waals surface area contributed by atoms with E-state index >= 15 is 0 Å². The molecule has 2 saturated heterocycles. The van der Waals surface area contributed by atoms with Gasteiger partial charge in [0.2, 0.25) is 0 Å². The van der Waals surface area contributed by atoms with E-state index in [1.807, 2.05) is 37.3 Å². The molecule has 2 aromatic rings. The molecule has 7 nitrogen and oxygen atoms in total. The van der Waals surface area contributed by atoms with Crippen molar-refractivity contribution in [2.45, 2.75) is 59.9 Å². The minimum atomic E-state index is -0.251. The summed E-state index contributed by atoms with van der Waals surface area (Å²) in [4.78, 5) is 31.6. The van der Waals surface area contributed by atoms with Crippen LogP contribution < -0.4 is 15.2 Å². The molecule has 212 valence electrons. The summed E-state index contributed by atoms with van der Waals surface area (Å²) in [5.74, 6) is 2.41. The molecule has 0 radical (unpaired) electrons. The zero-order chi connectivity index (χ0) is 29.0. The number of methoxy groups -OCH3 is 1. The third-order valence-electron chi connectivity index (χ3n) is 7.68. The lowest BCUT2D eigenvalue weighted by atomic mass is 9.91. The van der Waals surface area contributed by atoms with E-state index < -0.39 is 0 Å². The average molecular weight is 579 g/mol. The van der Waals surface area contributed by atoms with Crippen molar-refractivity contribution in [1.82, 2.24) is 9.47 Å². The Morgan fingerprint density at radius 1 is 1.15 bits per heavy atom. The number of hydrogen-bond acceptors (Lipinski definition) is 7. The topological polar surface area (TPSA) is 78.6 Å². The number of carbonyl (C=O) groups excluding carboxylic acids is 1. The molecule has 2 aliphatic heterocycles. The van der Waals surface area contributed by atoms with E-state index in [2.05, 4.69) is 31.7 Å². The number of benzene rings is 1. The Morgan fingerprint density at radius 2 is 1.82 bits per heavy atom. The lowest BCUT2D eigenvalue weighted by molar-refractivity contribution is -0.122. The number of hydrogen-bond donors (Lipinski definition) is 0. The Bertz CT molecular complexity index is 1400. The monoisotopic (exact) mass is 578 g/mol. The van der Waals surface area contributed by atoms with E-state index in [9.17, 15) is 14.9 Å². The number of rotatable bonds is 9. The molecule has 2 aliphatic rings. The zero-order valence-corrected chi connectivity index (χ0v) is 25.7. The highest BCUT2D eigenvalue weighted by atomic mass is 32.2. The van der Waals surface area contributed by atoms with Crippen molar-refractivity contribution in [2.24, 2.45) is 11.8 Å². The highest BCUT2D eigenvalue weighted by Gasteiger charge is 2.34.